The molecular formula is C30H33ClF3NO4. The highest BCUT2D eigenvalue weighted by molar-refractivity contribution is 6.32. The molecule has 0 heterocycles. The predicted molar refractivity (Wildman–Crippen MR) is 146 cm³/mol. The summed E-state index contributed by atoms with van der Waals surface area (Å²) in [5.74, 6) is 1.17. The van der Waals surface area contributed by atoms with Crippen LogP contribution in [-0.2, 0) is 27.0 Å². The Hall–Kier alpha value is -3.23. The minimum atomic E-state index is -4.52. The number of nitrogens with zero attached hydrogens (tertiary/aromatic N) is 1. The van der Waals surface area contributed by atoms with Crippen LogP contribution in [0, 0.1) is 0 Å². The number of hydrogen-bond acceptors (Lipinski definition) is 5. The van der Waals surface area contributed by atoms with E-state index in [1.807, 2.05) is 42.5 Å². The van der Waals surface area contributed by atoms with Crippen LogP contribution in [0.2, 0.25) is 5.02 Å². The normalized spacial score (nSPS) is 15.3. The van der Waals surface area contributed by atoms with Gasteiger partial charge in [0.2, 0.25) is 0 Å². The average Bonchev–Trinajstić information content (AvgIpc) is 2.91. The lowest BCUT2D eigenvalue weighted by Crippen LogP contribution is -2.29. The molecule has 0 spiro atoms. The zero-order chi connectivity index (χ0) is 28.4. The summed E-state index contributed by atoms with van der Waals surface area (Å²) in [7, 11) is 2.93. The molecule has 1 aliphatic rings. The molecule has 39 heavy (non-hydrogen) atoms. The molecule has 1 unspecified atom stereocenters. The van der Waals surface area contributed by atoms with E-state index >= 15 is 0 Å². The summed E-state index contributed by atoms with van der Waals surface area (Å²) in [6.45, 7) is 3.94. The summed E-state index contributed by atoms with van der Waals surface area (Å²) in [4.78, 5) is 13.6. The smallest absolute Gasteiger partial charge is 0.417 e. The van der Waals surface area contributed by atoms with Crippen molar-refractivity contribution in [2.75, 3.05) is 33.9 Å². The van der Waals surface area contributed by atoms with Crippen molar-refractivity contribution in [1.82, 2.24) is 4.90 Å². The number of alkyl halides is 3. The van der Waals surface area contributed by atoms with Gasteiger partial charge in [0.1, 0.15) is 11.5 Å². The molecule has 0 N–H and O–H groups in total. The highest BCUT2D eigenvalue weighted by Crippen LogP contribution is 2.36. The summed E-state index contributed by atoms with van der Waals surface area (Å²) < 4.78 is 56.2. The van der Waals surface area contributed by atoms with Gasteiger partial charge in [0.15, 0.2) is 0 Å². The van der Waals surface area contributed by atoms with Gasteiger partial charge in [0.05, 0.1) is 31.4 Å². The molecule has 2 aromatic rings. The van der Waals surface area contributed by atoms with E-state index in [-0.39, 0.29) is 17.5 Å². The van der Waals surface area contributed by atoms with Gasteiger partial charge >= 0.3 is 12.1 Å². The second-order valence-electron chi connectivity index (χ2n) is 9.30. The van der Waals surface area contributed by atoms with Crippen molar-refractivity contribution in [3.8, 4) is 5.75 Å². The molecule has 0 aliphatic heterocycles. The van der Waals surface area contributed by atoms with Crippen molar-refractivity contribution in [3.63, 3.8) is 0 Å². The monoisotopic (exact) mass is 563 g/mol. The molecule has 0 saturated carbocycles. The van der Waals surface area contributed by atoms with Gasteiger partial charge in [0, 0.05) is 32.1 Å². The predicted octanol–water partition coefficient (Wildman–Crippen LogP) is 7.32. The van der Waals surface area contributed by atoms with Crippen LogP contribution in [0.3, 0.4) is 0 Å². The molecule has 0 bridgehead atoms. The standard InChI is InChI=1S/C30H33ClF3NO4/c1-21(23-11-13-25(37-2)14-12-23)19-35(20-24-8-5-10-27(29(24)31)30(32,33)34)15-6-16-39-26-9-4-7-22(17-26)18-28(36)38-3/h4-5,7-14,18,21H,6,15-17,19-20H2,1-3H3/b22-18+. The third kappa shape index (κ3) is 9.18. The van der Waals surface area contributed by atoms with Gasteiger partial charge in [-0.2, -0.15) is 13.2 Å². The lowest BCUT2D eigenvalue weighted by atomic mass is 10.00. The molecule has 2 aromatic carbocycles. The van der Waals surface area contributed by atoms with E-state index in [1.54, 1.807) is 13.2 Å². The molecule has 5 nitrogen and oxygen atoms in total. The Morgan fingerprint density at radius 2 is 1.90 bits per heavy atom. The minimum absolute atomic E-state index is 0.110. The Labute approximate surface area is 232 Å². The van der Waals surface area contributed by atoms with E-state index in [0.717, 1.165) is 28.7 Å². The summed E-state index contributed by atoms with van der Waals surface area (Å²) in [5, 5.41) is -0.271. The molecule has 0 radical (unpaired) electrons. The maximum Gasteiger partial charge on any atom is 0.417 e. The van der Waals surface area contributed by atoms with Crippen molar-refractivity contribution in [1.29, 1.82) is 0 Å². The maximum absolute atomic E-state index is 13.4. The molecule has 0 fully saturated rings. The second kappa shape index (κ2) is 14.2. The Bertz CT molecular complexity index is 1210. The molecule has 0 aromatic heterocycles. The molecule has 3 rings (SSSR count). The third-order valence-electron chi connectivity index (χ3n) is 6.38. The molecular weight excluding hydrogens is 531 g/mol. The van der Waals surface area contributed by atoms with Gasteiger partial charge in [-0.15, -0.1) is 0 Å². The summed E-state index contributed by atoms with van der Waals surface area (Å²) in [5.41, 5.74) is 1.47. The average molecular weight is 564 g/mol. The van der Waals surface area contributed by atoms with Crippen LogP contribution in [0.1, 0.15) is 42.4 Å². The van der Waals surface area contributed by atoms with E-state index in [1.165, 1.54) is 19.3 Å². The van der Waals surface area contributed by atoms with Gasteiger partial charge in [-0.1, -0.05) is 54.9 Å². The minimum Gasteiger partial charge on any atom is -0.498 e. The Kier molecular flexibility index (Phi) is 11.1. The van der Waals surface area contributed by atoms with E-state index in [4.69, 9.17) is 21.1 Å². The molecule has 0 amide bonds. The zero-order valence-electron chi connectivity index (χ0n) is 22.3. The zero-order valence-corrected chi connectivity index (χ0v) is 23.0. The first-order chi connectivity index (χ1) is 18.6. The first-order valence-corrected chi connectivity index (χ1v) is 13.0. The van der Waals surface area contributed by atoms with Crippen LogP contribution >= 0.6 is 11.6 Å². The fraction of sp³-hybridized carbons (Fsp3) is 0.367. The van der Waals surface area contributed by atoms with Crippen LogP contribution in [0.5, 0.6) is 5.75 Å². The van der Waals surface area contributed by atoms with Gasteiger partial charge in [0.25, 0.3) is 0 Å². The number of carbonyl (C=O) groups excluding carboxylic acids is 1. The summed E-state index contributed by atoms with van der Waals surface area (Å²) >= 11 is 6.21. The Balaban J connectivity index is 1.67. The second-order valence-corrected chi connectivity index (χ2v) is 9.68. The number of ether oxygens (including phenoxy) is 3. The van der Waals surface area contributed by atoms with E-state index in [9.17, 15) is 18.0 Å². The largest absolute Gasteiger partial charge is 0.498 e. The van der Waals surface area contributed by atoms with E-state index < -0.39 is 17.7 Å². The van der Waals surface area contributed by atoms with Crippen molar-refractivity contribution in [2.24, 2.45) is 0 Å². The number of rotatable bonds is 12. The molecule has 1 aliphatic carbocycles. The van der Waals surface area contributed by atoms with Crippen LogP contribution in [0.15, 0.2) is 78.1 Å². The number of benzene rings is 2. The van der Waals surface area contributed by atoms with Gasteiger partial charge in [-0.3, -0.25) is 4.90 Å². The SMILES string of the molecule is COC(=O)/C=C1\C=CC=C(OCCCN(Cc2cccc(C(F)(F)F)c2Cl)CC(C)c2ccc(OC)cc2)C1. The summed E-state index contributed by atoms with van der Waals surface area (Å²) in [6, 6.07) is 11.8. The number of methoxy groups -OCH3 is 2. The van der Waals surface area contributed by atoms with E-state index in [0.29, 0.717) is 38.1 Å². The molecule has 210 valence electrons. The van der Waals surface area contributed by atoms with Crippen LogP contribution < -0.4 is 4.74 Å². The third-order valence-corrected chi connectivity index (χ3v) is 6.82. The first-order valence-electron chi connectivity index (χ1n) is 12.6. The van der Waals surface area contributed by atoms with Crippen LogP contribution in [0.25, 0.3) is 0 Å². The van der Waals surface area contributed by atoms with E-state index in [2.05, 4.69) is 16.6 Å². The lowest BCUT2D eigenvalue weighted by Gasteiger charge is -2.27. The van der Waals surface area contributed by atoms with Crippen LogP contribution in [0.4, 0.5) is 13.2 Å². The van der Waals surface area contributed by atoms with Gasteiger partial charge in [-0.05, 0) is 53.3 Å². The number of halogens is 4. The maximum atomic E-state index is 13.4. The van der Waals surface area contributed by atoms with Crippen LogP contribution in [-0.4, -0.2) is 44.8 Å². The quantitative estimate of drug-likeness (QED) is 0.154. The van der Waals surface area contributed by atoms with Crippen molar-refractivity contribution < 1.29 is 32.2 Å². The highest BCUT2D eigenvalue weighted by atomic mass is 35.5. The molecule has 0 saturated heterocycles. The van der Waals surface area contributed by atoms with Gasteiger partial charge in [-0.25, -0.2) is 4.79 Å². The molecule has 9 heteroatoms. The van der Waals surface area contributed by atoms with Gasteiger partial charge < -0.3 is 14.2 Å². The van der Waals surface area contributed by atoms with Crippen molar-refractivity contribution in [3.05, 3.63) is 99.8 Å². The topological polar surface area (TPSA) is 48.0 Å². The lowest BCUT2D eigenvalue weighted by molar-refractivity contribution is -0.137. The Morgan fingerprint density at radius 1 is 1.15 bits per heavy atom. The fourth-order valence-corrected chi connectivity index (χ4v) is 4.61. The first kappa shape index (κ1) is 30.3. The Morgan fingerprint density at radius 3 is 2.56 bits per heavy atom. The number of esters is 1. The number of hydrogen-bond donors (Lipinski definition) is 0. The summed E-state index contributed by atoms with van der Waals surface area (Å²) in [6.07, 6.45) is 3.50. The van der Waals surface area contributed by atoms with Crippen molar-refractivity contribution in [2.45, 2.75) is 38.4 Å². The number of allylic oxidation sites excluding steroid dienone is 4. The molecule has 1 atom stereocenters. The highest BCUT2D eigenvalue weighted by Gasteiger charge is 2.34. The fourth-order valence-electron chi connectivity index (χ4n) is 4.32. The number of carbonyl (C=O) groups is 1. The van der Waals surface area contributed by atoms with Crippen molar-refractivity contribution >= 4 is 17.6 Å².